The molecule has 2 aromatic rings. The first kappa shape index (κ1) is 21.7. The van der Waals surface area contributed by atoms with Crippen molar-refractivity contribution in [3.05, 3.63) is 22.3 Å². The van der Waals surface area contributed by atoms with Crippen LogP contribution in [-0.4, -0.2) is 44.0 Å². The first-order chi connectivity index (χ1) is 12.7. The summed E-state index contributed by atoms with van der Waals surface area (Å²) in [4.78, 5) is 40.4. The maximum absolute atomic E-state index is 12.5. The number of nitrogens with zero attached hydrogens (tertiary/aromatic N) is 2. The molecule has 9 nitrogen and oxygen atoms in total. The summed E-state index contributed by atoms with van der Waals surface area (Å²) in [7, 11) is 0. The topological polar surface area (TPSA) is 120 Å². The summed E-state index contributed by atoms with van der Waals surface area (Å²) in [6.07, 6.45) is -1.56. The summed E-state index contributed by atoms with van der Waals surface area (Å²) < 4.78 is 11.8. The van der Waals surface area contributed by atoms with Gasteiger partial charge in [-0.1, -0.05) is 0 Å². The lowest BCUT2D eigenvalue weighted by atomic mass is 10.2. The van der Waals surface area contributed by atoms with Crippen LogP contribution in [0.25, 0.3) is 11.0 Å². The quantitative estimate of drug-likeness (QED) is 0.676. The maximum atomic E-state index is 12.5. The molecular weight excluding hydrogens is 434 g/mol. The lowest BCUT2D eigenvalue weighted by molar-refractivity contribution is 0.0512. The zero-order valence-electron chi connectivity index (χ0n) is 16.4. The van der Waals surface area contributed by atoms with Crippen molar-refractivity contribution in [1.82, 2.24) is 9.55 Å². The van der Waals surface area contributed by atoms with E-state index in [0.717, 1.165) is 4.57 Å². The van der Waals surface area contributed by atoms with Crippen molar-refractivity contribution in [1.29, 1.82) is 0 Å². The van der Waals surface area contributed by atoms with Crippen LogP contribution in [0.15, 0.2) is 16.6 Å². The molecule has 0 saturated heterocycles. The summed E-state index contributed by atoms with van der Waals surface area (Å²) >= 11 is 3.27. The van der Waals surface area contributed by atoms with E-state index in [1.807, 2.05) is 0 Å². The number of amides is 1. The zero-order chi connectivity index (χ0) is 21.4. The first-order valence-corrected chi connectivity index (χ1v) is 9.16. The van der Waals surface area contributed by atoms with Crippen LogP contribution < -0.4 is 5.32 Å². The minimum Gasteiger partial charge on any atom is -0.477 e. The number of ether oxygens (including phenoxy) is 2. The van der Waals surface area contributed by atoms with Crippen LogP contribution in [0, 0.1) is 0 Å². The molecule has 2 N–H and O–H groups in total. The highest BCUT2D eigenvalue weighted by Gasteiger charge is 2.26. The minimum absolute atomic E-state index is 0.125. The average molecular weight is 456 g/mol. The van der Waals surface area contributed by atoms with Gasteiger partial charge in [0.25, 0.3) is 0 Å². The molecule has 0 unspecified atom stereocenters. The van der Waals surface area contributed by atoms with Gasteiger partial charge in [0.15, 0.2) is 0 Å². The average Bonchev–Trinajstić information content (AvgIpc) is 2.82. The molecule has 0 aliphatic heterocycles. The zero-order valence-corrected chi connectivity index (χ0v) is 18.0. The molecule has 0 fully saturated rings. The van der Waals surface area contributed by atoms with Crippen LogP contribution in [0.3, 0.4) is 0 Å². The number of carbonyl (C=O) groups excluding carboxylic acids is 2. The van der Waals surface area contributed by atoms with E-state index in [2.05, 4.69) is 26.2 Å². The Balaban J connectivity index is 2.51. The van der Waals surface area contributed by atoms with E-state index in [4.69, 9.17) is 9.47 Å². The Hall–Kier alpha value is -2.62. The third kappa shape index (κ3) is 5.22. The van der Waals surface area contributed by atoms with Gasteiger partial charge in [-0.2, -0.15) is 0 Å². The molecule has 28 heavy (non-hydrogen) atoms. The Morgan fingerprint density at radius 1 is 1.07 bits per heavy atom. The van der Waals surface area contributed by atoms with Crippen LogP contribution in [0.4, 0.5) is 15.4 Å². The second kappa shape index (κ2) is 7.42. The Bertz CT molecular complexity index is 953. The van der Waals surface area contributed by atoms with Gasteiger partial charge >= 0.3 is 18.2 Å². The van der Waals surface area contributed by atoms with Gasteiger partial charge in [-0.05, 0) is 69.6 Å². The molecule has 2 aromatic heterocycles. The third-order valence-corrected chi connectivity index (χ3v) is 3.76. The predicted molar refractivity (Wildman–Crippen MR) is 106 cm³/mol. The number of fused-ring (bicyclic) bond motifs is 1. The van der Waals surface area contributed by atoms with E-state index in [-0.39, 0.29) is 22.5 Å². The van der Waals surface area contributed by atoms with Gasteiger partial charge in [0.05, 0.1) is 15.5 Å². The molecule has 0 saturated carbocycles. The highest BCUT2D eigenvalue weighted by molar-refractivity contribution is 9.10. The van der Waals surface area contributed by atoms with Crippen LogP contribution in [-0.2, 0) is 9.47 Å². The highest BCUT2D eigenvalue weighted by Crippen LogP contribution is 2.29. The number of nitrogens with one attached hydrogen (secondary N) is 1. The van der Waals surface area contributed by atoms with Gasteiger partial charge in [-0.15, -0.1) is 0 Å². The fourth-order valence-electron chi connectivity index (χ4n) is 2.25. The Morgan fingerprint density at radius 2 is 1.64 bits per heavy atom. The van der Waals surface area contributed by atoms with Gasteiger partial charge in [0.2, 0.25) is 0 Å². The number of aromatic nitrogens is 2. The van der Waals surface area contributed by atoms with Crippen molar-refractivity contribution in [2.75, 3.05) is 5.32 Å². The number of anilines is 1. The smallest absolute Gasteiger partial charge is 0.419 e. The predicted octanol–water partition coefficient (Wildman–Crippen LogP) is 4.63. The van der Waals surface area contributed by atoms with E-state index < -0.39 is 29.4 Å². The van der Waals surface area contributed by atoms with E-state index in [1.165, 1.54) is 12.1 Å². The van der Waals surface area contributed by atoms with E-state index in [0.29, 0.717) is 4.47 Å². The number of carboxylic acid groups (broad SMARTS) is 1. The van der Waals surface area contributed by atoms with Crippen molar-refractivity contribution >= 4 is 50.9 Å². The SMILES string of the molecule is CC(C)(C)OC(=O)Nc1nc2cc(C(=O)O)n(C(=O)OC(C)(C)C)c2cc1Br. The lowest BCUT2D eigenvalue weighted by Crippen LogP contribution is -2.29. The molecule has 0 aliphatic carbocycles. The van der Waals surface area contributed by atoms with E-state index >= 15 is 0 Å². The Labute approximate surface area is 170 Å². The highest BCUT2D eigenvalue weighted by atomic mass is 79.9. The van der Waals surface area contributed by atoms with Gasteiger partial charge in [0, 0.05) is 0 Å². The van der Waals surface area contributed by atoms with Crippen molar-refractivity contribution in [3.63, 3.8) is 0 Å². The number of aromatic carboxylic acids is 1. The second-order valence-electron chi connectivity index (χ2n) is 8.00. The Kier molecular flexibility index (Phi) is 5.74. The number of halogens is 1. The molecule has 0 aromatic carbocycles. The summed E-state index contributed by atoms with van der Waals surface area (Å²) in [5.41, 5.74) is -1.41. The second-order valence-corrected chi connectivity index (χ2v) is 8.85. The lowest BCUT2D eigenvalue weighted by Gasteiger charge is -2.20. The van der Waals surface area contributed by atoms with Gasteiger partial charge in [-0.25, -0.2) is 23.9 Å². The maximum Gasteiger partial charge on any atom is 0.419 e. The molecule has 2 rings (SSSR count). The summed E-state index contributed by atoms with van der Waals surface area (Å²) in [5, 5.41) is 12.0. The molecule has 0 atom stereocenters. The molecule has 0 radical (unpaired) electrons. The monoisotopic (exact) mass is 455 g/mol. The van der Waals surface area contributed by atoms with Crippen LogP contribution in [0.5, 0.6) is 0 Å². The summed E-state index contributed by atoms with van der Waals surface area (Å²) in [5.74, 6) is -1.19. The van der Waals surface area contributed by atoms with Gasteiger partial charge < -0.3 is 14.6 Å². The molecular formula is C18H22BrN3O6. The molecule has 152 valence electrons. The number of rotatable bonds is 2. The normalized spacial score (nSPS) is 12.0. The van der Waals surface area contributed by atoms with E-state index in [9.17, 15) is 19.5 Å². The molecule has 2 heterocycles. The largest absolute Gasteiger partial charge is 0.477 e. The number of carboxylic acids is 1. The molecule has 0 aliphatic rings. The number of carbonyl (C=O) groups is 3. The number of hydrogen-bond acceptors (Lipinski definition) is 6. The standard InChI is InChI=1S/C18H22BrN3O6/c1-17(2,3)27-15(25)21-13-9(19)7-11-10(20-13)8-12(14(23)24)22(11)16(26)28-18(4,5)6/h7-8H,1-6H3,(H,23,24)(H,20,21,25). The molecule has 1 amide bonds. The fourth-order valence-corrected chi connectivity index (χ4v) is 2.66. The fraction of sp³-hybridized carbons (Fsp3) is 0.444. The summed E-state index contributed by atoms with van der Waals surface area (Å²) in [6.45, 7) is 10.2. The van der Waals surface area contributed by atoms with E-state index in [1.54, 1.807) is 41.5 Å². The van der Waals surface area contributed by atoms with Gasteiger partial charge in [-0.3, -0.25) is 5.32 Å². The first-order valence-electron chi connectivity index (χ1n) is 8.36. The summed E-state index contributed by atoms with van der Waals surface area (Å²) in [6, 6.07) is 2.71. The number of pyridine rings is 1. The van der Waals surface area contributed by atoms with Crippen LogP contribution in [0.1, 0.15) is 52.0 Å². The molecule has 0 spiro atoms. The van der Waals surface area contributed by atoms with Crippen LogP contribution >= 0.6 is 15.9 Å². The van der Waals surface area contributed by atoms with Crippen LogP contribution in [0.2, 0.25) is 0 Å². The minimum atomic E-state index is -1.32. The van der Waals surface area contributed by atoms with Crippen molar-refractivity contribution in [2.24, 2.45) is 0 Å². The van der Waals surface area contributed by atoms with Crippen molar-refractivity contribution < 1.29 is 29.0 Å². The Morgan fingerprint density at radius 3 is 2.14 bits per heavy atom. The van der Waals surface area contributed by atoms with Crippen molar-refractivity contribution in [3.8, 4) is 0 Å². The molecule has 10 heteroatoms. The molecule has 0 bridgehead atoms. The van der Waals surface area contributed by atoms with Gasteiger partial charge in [0.1, 0.15) is 22.7 Å². The van der Waals surface area contributed by atoms with Crippen molar-refractivity contribution in [2.45, 2.75) is 52.7 Å². The third-order valence-electron chi connectivity index (χ3n) is 3.15. The number of hydrogen-bond donors (Lipinski definition) is 2.